The molecule has 0 saturated carbocycles. The fraction of sp³-hybridized carbons (Fsp3) is 0.500. The third-order valence-electron chi connectivity index (χ3n) is 3.64. The molecule has 0 amide bonds. The molecule has 0 bridgehead atoms. The van der Waals surface area contributed by atoms with Crippen molar-refractivity contribution in [3.8, 4) is 0 Å². The third-order valence-corrected chi connectivity index (χ3v) is 7.24. The molecule has 0 radical (unpaired) electrons. The SMILES string of the molecule is CCc1noc([C@@]2(O)CCN(S(=O)(=O)c3cc(Cl)sc3Cl)C2)n1. The van der Waals surface area contributed by atoms with Crippen LogP contribution in [0.4, 0.5) is 0 Å². The molecular formula is C12H13Cl2N3O4S2. The second-order valence-corrected chi connectivity index (χ2v) is 9.37. The summed E-state index contributed by atoms with van der Waals surface area (Å²) < 4.78 is 31.9. The van der Waals surface area contributed by atoms with Crippen LogP contribution in [0, 0.1) is 0 Å². The van der Waals surface area contributed by atoms with Gasteiger partial charge in [-0.1, -0.05) is 35.3 Å². The van der Waals surface area contributed by atoms with Gasteiger partial charge in [0.25, 0.3) is 5.89 Å². The lowest BCUT2D eigenvalue weighted by Gasteiger charge is -2.19. The van der Waals surface area contributed by atoms with Crippen molar-refractivity contribution in [1.82, 2.24) is 14.4 Å². The topological polar surface area (TPSA) is 96.5 Å². The van der Waals surface area contributed by atoms with Crippen molar-refractivity contribution in [2.45, 2.75) is 30.3 Å². The molecule has 3 heterocycles. The maximum Gasteiger partial charge on any atom is 0.260 e. The molecule has 23 heavy (non-hydrogen) atoms. The van der Waals surface area contributed by atoms with Crippen LogP contribution in [0.5, 0.6) is 0 Å². The van der Waals surface area contributed by atoms with Gasteiger partial charge in [-0.25, -0.2) is 8.42 Å². The maximum atomic E-state index is 12.7. The van der Waals surface area contributed by atoms with Crippen LogP contribution in [0.25, 0.3) is 0 Å². The first kappa shape index (κ1) is 17.1. The summed E-state index contributed by atoms with van der Waals surface area (Å²) in [7, 11) is -3.85. The molecule has 1 saturated heterocycles. The molecule has 126 valence electrons. The monoisotopic (exact) mass is 397 g/mol. The minimum Gasteiger partial charge on any atom is -0.379 e. The maximum absolute atomic E-state index is 12.7. The van der Waals surface area contributed by atoms with Gasteiger partial charge in [0.2, 0.25) is 10.0 Å². The number of nitrogens with zero attached hydrogens (tertiary/aromatic N) is 3. The van der Waals surface area contributed by atoms with Crippen molar-refractivity contribution in [3.63, 3.8) is 0 Å². The summed E-state index contributed by atoms with van der Waals surface area (Å²) in [5, 5.41) is 14.4. The molecule has 0 unspecified atom stereocenters. The van der Waals surface area contributed by atoms with Gasteiger partial charge < -0.3 is 9.63 Å². The van der Waals surface area contributed by atoms with E-state index in [1.165, 1.54) is 6.07 Å². The number of aryl methyl sites for hydroxylation is 1. The Hall–Kier alpha value is -0.710. The Morgan fingerprint density at radius 3 is 2.83 bits per heavy atom. The van der Waals surface area contributed by atoms with E-state index in [1.807, 2.05) is 6.92 Å². The number of thiophene rings is 1. The minimum atomic E-state index is -3.85. The van der Waals surface area contributed by atoms with E-state index < -0.39 is 15.6 Å². The van der Waals surface area contributed by atoms with Crippen LogP contribution in [-0.2, 0) is 22.0 Å². The lowest BCUT2D eigenvalue weighted by atomic mass is 10.0. The first-order chi connectivity index (χ1) is 10.8. The van der Waals surface area contributed by atoms with Gasteiger partial charge in [0, 0.05) is 19.4 Å². The summed E-state index contributed by atoms with van der Waals surface area (Å²) >= 11 is 12.7. The molecule has 7 nitrogen and oxygen atoms in total. The highest BCUT2D eigenvalue weighted by atomic mass is 35.5. The summed E-state index contributed by atoms with van der Waals surface area (Å²) in [6.07, 6.45) is 0.720. The molecule has 1 N–H and O–H groups in total. The Morgan fingerprint density at radius 2 is 2.26 bits per heavy atom. The van der Waals surface area contributed by atoms with Crippen LogP contribution in [0.1, 0.15) is 25.1 Å². The summed E-state index contributed by atoms with van der Waals surface area (Å²) in [5.74, 6) is 0.490. The largest absolute Gasteiger partial charge is 0.379 e. The summed E-state index contributed by atoms with van der Waals surface area (Å²) in [5.41, 5.74) is -1.50. The van der Waals surface area contributed by atoms with Gasteiger partial charge in [-0.2, -0.15) is 9.29 Å². The van der Waals surface area contributed by atoms with E-state index in [1.54, 1.807) is 0 Å². The molecule has 0 spiro atoms. The average Bonchev–Trinajstić information content (AvgIpc) is 3.18. The number of hydrogen-bond acceptors (Lipinski definition) is 7. The number of aliphatic hydroxyl groups is 1. The Labute approximate surface area is 146 Å². The summed E-state index contributed by atoms with van der Waals surface area (Å²) in [6, 6.07) is 1.31. The molecule has 1 fully saturated rings. The van der Waals surface area contributed by atoms with Crippen molar-refractivity contribution in [2.24, 2.45) is 0 Å². The molecule has 11 heteroatoms. The quantitative estimate of drug-likeness (QED) is 0.849. The molecule has 3 rings (SSSR count). The normalized spacial score (nSPS) is 22.8. The first-order valence-electron chi connectivity index (χ1n) is 6.76. The van der Waals surface area contributed by atoms with Crippen LogP contribution in [0.3, 0.4) is 0 Å². The average molecular weight is 398 g/mol. The second-order valence-electron chi connectivity index (χ2n) is 5.18. The van der Waals surface area contributed by atoms with Gasteiger partial charge in [-0.05, 0) is 6.07 Å². The zero-order valence-electron chi connectivity index (χ0n) is 12.0. The first-order valence-corrected chi connectivity index (χ1v) is 9.78. The zero-order valence-corrected chi connectivity index (χ0v) is 15.1. The fourth-order valence-corrected chi connectivity index (χ4v) is 5.97. The van der Waals surface area contributed by atoms with Crippen LogP contribution in [0.2, 0.25) is 8.67 Å². The van der Waals surface area contributed by atoms with E-state index in [2.05, 4.69) is 10.1 Å². The van der Waals surface area contributed by atoms with Crippen LogP contribution in [-0.4, -0.2) is 41.1 Å². The molecule has 0 aromatic carbocycles. The van der Waals surface area contributed by atoms with Crippen molar-refractivity contribution >= 4 is 44.6 Å². The number of halogens is 2. The van der Waals surface area contributed by atoms with E-state index >= 15 is 0 Å². The Kier molecular flexibility index (Phi) is 4.45. The molecule has 2 aromatic heterocycles. The van der Waals surface area contributed by atoms with Gasteiger partial charge in [0.05, 0.1) is 10.9 Å². The Bertz CT molecular complexity index is 835. The molecule has 0 aliphatic carbocycles. The number of β-amino-alcohol motifs (C(OH)–C–C–N with tert-alkyl or cyclic N) is 1. The fourth-order valence-electron chi connectivity index (χ4n) is 2.37. The van der Waals surface area contributed by atoms with E-state index in [0.717, 1.165) is 15.6 Å². The standard InChI is InChI=1S/C12H13Cl2N3O4S2/c1-2-9-15-11(21-16-9)12(18)3-4-17(6-12)23(19,20)7-5-8(13)22-10(7)14/h5,18H,2-4,6H2,1H3/t12-/m1/s1. The van der Waals surface area contributed by atoms with Crippen molar-refractivity contribution in [3.05, 3.63) is 26.5 Å². The zero-order chi connectivity index (χ0) is 16.8. The highest BCUT2D eigenvalue weighted by Gasteiger charge is 2.47. The number of aromatic nitrogens is 2. The highest BCUT2D eigenvalue weighted by molar-refractivity contribution is 7.89. The van der Waals surface area contributed by atoms with Gasteiger partial charge in [0.15, 0.2) is 11.4 Å². The van der Waals surface area contributed by atoms with Crippen LogP contribution < -0.4 is 0 Å². The van der Waals surface area contributed by atoms with Crippen LogP contribution in [0.15, 0.2) is 15.5 Å². The lowest BCUT2D eigenvalue weighted by Crippen LogP contribution is -2.34. The minimum absolute atomic E-state index is 0.0292. The van der Waals surface area contributed by atoms with Crippen LogP contribution >= 0.6 is 34.5 Å². The third kappa shape index (κ3) is 3.01. The van der Waals surface area contributed by atoms with Gasteiger partial charge in [-0.3, -0.25) is 0 Å². The van der Waals surface area contributed by atoms with Gasteiger partial charge in [0.1, 0.15) is 9.23 Å². The predicted molar refractivity (Wildman–Crippen MR) is 85.3 cm³/mol. The van der Waals surface area contributed by atoms with E-state index in [-0.39, 0.29) is 39.0 Å². The van der Waals surface area contributed by atoms with Gasteiger partial charge in [-0.15, -0.1) is 11.3 Å². The van der Waals surface area contributed by atoms with Crippen molar-refractivity contribution < 1.29 is 18.0 Å². The van der Waals surface area contributed by atoms with Gasteiger partial charge >= 0.3 is 0 Å². The Morgan fingerprint density at radius 1 is 1.52 bits per heavy atom. The molecule has 1 aliphatic rings. The second kappa shape index (κ2) is 5.98. The van der Waals surface area contributed by atoms with Crippen molar-refractivity contribution in [2.75, 3.05) is 13.1 Å². The molecule has 1 aliphatic heterocycles. The molecule has 2 aromatic rings. The predicted octanol–water partition coefficient (Wildman–Crippen LogP) is 2.28. The smallest absolute Gasteiger partial charge is 0.260 e. The van der Waals surface area contributed by atoms with Crippen molar-refractivity contribution in [1.29, 1.82) is 0 Å². The summed E-state index contributed by atoms with van der Waals surface area (Å²) in [6.45, 7) is 1.79. The summed E-state index contributed by atoms with van der Waals surface area (Å²) in [4.78, 5) is 4.04. The highest BCUT2D eigenvalue weighted by Crippen LogP contribution is 2.39. The Balaban J connectivity index is 1.88. The lowest BCUT2D eigenvalue weighted by molar-refractivity contribution is 0.0194. The van der Waals surface area contributed by atoms with E-state index in [0.29, 0.717) is 12.2 Å². The number of rotatable bonds is 4. The number of hydrogen-bond donors (Lipinski definition) is 1. The van der Waals surface area contributed by atoms with E-state index in [4.69, 9.17) is 27.7 Å². The molecular weight excluding hydrogens is 385 g/mol. The molecule has 1 atom stereocenters. The number of sulfonamides is 1. The van der Waals surface area contributed by atoms with E-state index in [9.17, 15) is 13.5 Å².